The fraction of sp³-hybridized carbons (Fsp3) is 0.250. The monoisotopic (exact) mass is 422 g/mol. The highest BCUT2D eigenvalue weighted by molar-refractivity contribution is 6.37. The molecule has 0 saturated carbocycles. The summed E-state index contributed by atoms with van der Waals surface area (Å²) in [4.78, 5) is 12.6. The van der Waals surface area contributed by atoms with Gasteiger partial charge in [-0.25, -0.2) is 10.1 Å². The van der Waals surface area contributed by atoms with E-state index in [4.69, 9.17) is 28.9 Å². The molecule has 2 aromatic heterocycles. The van der Waals surface area contributed by atoms with E-state index in [1.807, 2.05) is 6.92 Å². The molecule has 3 N–H and O–H groups in total. The third-order valence-electron chi connectivity index (χ3n) is 3.81. The lowest BCUT2D eigenvalue weighted by Crippen LogP contribution is -2.21. The normalized spacial score (nSPS) is 11.6. The minimum atomic E-state index is -0.533. The number of hydrazone groups is 1. The van der Waals surface area contributed by atoms with Gasteiger partial charge < -0.3 is 5.73 Å². The topological polar surface area (TPSA) is 137 Å². The minimum Gasteiger partial charge on any atom is -0.378 e. The average Bonchev–Trinajstić information content (AvgIpc) is 3.25. The van der Waals surface area contributed by atoms with Gasteiger partial charge in [0.1, 0.15) is 0 Å². The molecule has 1 aromatic carbocycles. The quantitative estimate of drug-likeness (QED) is 0.459. The zero-order valence-corrected chi connectivity index (χ0v) is 16.5. The highest BCUT2D eigenvalue weighted by atomic mass is 35.5. The summed E-state index contributed by atoms with van der Waals surface area (Å²) in [5, 5.41) is 20.1. The van der Waals surface area contributed by atoms with Crippen molar-refractivity contribution in [2.75, 3.05) is 5.73 Å². The lowest BCUT2D eigenvalue weighted by molar-refractivity contribution is 0.0948. The zero-order chi connectivity index (χ0) is 20.3. The third-order valence-corrected chi connectivity index (χ3v) is 4.36. The Kier molecular flexibility index (Phi) is 5.90. The molecule has 12 heteroatoms. The Bertz CT molecular complexity index is 1040. The molecule has 0 aliphatic carbocycles. The molecule has 28 heavy (non-hydrogen) atoms. The number of nitrogens with two attached hydrogens (primary N) is 1. The SMILES string of the molecule is CCCc1c(C(=O)N/N=C(\C)c2ccc(Cl)cc2Cl)nnn1-c1nonc1N. The molecule has 3 aromatic rings. The van der Waals surface area contributed by atoms with Gasteiger partial charge in [0, 0.05) is 10.6 Å². The van der Waals surface area contributed by atoms with Crippen LogP contribution < -0.4 is 11.2 Å². The van der Waals surface area contributed by atoms with Gasteiger partial charge in [0.15, 0.2) is 5.69 Å². The summed E-state index contributed by atoms with van der Waals surface area (Å²) in [5.41, 5.74) is 9.93. The molecular weight excluding hydrogens is 407 g/mol. The lowest BCUT2D eigenvalue weighted by atomic mass is 10.1. The number of anilines is 1. The van der Waals surface area contributed by atoms with E-state index in [1.165, 1.54) is 4.68 Å². The Morgan fingerprint density at radius 3 is 2.79 bits per heavy atom. The molecule has 0 unspecified atom stereocenters. The molecule has 10 nitrogen and oxygen atoms in total. The molecule has 0 radical (unpaired) electrons. The van der Waals surface area contributed by atoms with Gasteiger partial charge >= 0.3 is 0 Å². The number of halogens is 2. The Morgan fingerprint density at radius 2 is 2.14 bits per heavy atom. The number of nitrogen functional groups attached to an aromatic ring is 1. The van der Waals surface area contributed by atoms with Crippen LogP contribution in [0.15, 0.2) is 27.9 Å². The number of aromatic nitrogens is 5. The summed E-state index contributed by atoms with van der Waals surface area (Å²) in [5.74, 6) is -0.322. The van der Waals surface area contributed by atoms with Crippen molar-refractivity contribution in [1.82, 2.24) is 30.7 Å². The van der Waals surface area contributed by atoms with Gasteiger partial charge in [0.25, 0.3) is 5.91 Å². The summed E-state index contributed by atoms with van der Waals surface area (Å²) >= 11 is 12.1. The summed E-state index contributed by atoms with van der Waals surface area (Å²) in [6.45, 7) is 3.66. The maximum Gasteiger partial charge on any atom is 0.293 e. The van der Waals surface area contributed by atoms with Gasteiger partial charge in [-0.3, -0.25) is 4.79 Å². The number of amides is 1. The number of nitrogens with zero attached hydrogens (tertiary/aromatic N) is 6. The Labute approximate surface area is 169 Å². The molecule has 0 saturated heterocycles. The van der Waals surface area contributed by atoms with Gasteiger partial charge in [0.05, 0.1) is 16.4 Å². The number of hydrogen-bond donors (Lipinski definition) is 2. The van der Waals surface area contributed by atoms with Crippen molar-refractivity contribution < 1.29 is 9.42 Å². The van der Waals surface area contributed by atoms with Crippen LogP contribution >= 0.6 is 23.2 Å². The van der Waals surface area contributed by atoms with Crippen LogP contribution in [-0.2, 0) is 6.42 Å². The second-order valence-electron chi connectivity index (χ2n) is 5.78. The van der Waals surface area contributed by atoms with Gasteiger partial charge in [0.2, 0.25) is 11.6 Å². The first kappa shape index (κ1) is 19.8. The summed E-state index contributed by atoms with van der Waals surface area (Å²) < 4.78 is 5.92. The van der Waals surface area contributed by atoms with E-state index in [1.54, 1.807) is 25.1 Å². The van der Waals surface area contributed by atoms with Crippen LogP contribution in [0.1, 0.15) is 42.0 Å². The van der Waals surface area contributed by atoms with Crippen LogP contribution in [0.25, 0.3) is 5.82 Å². The molecule has 0 spiro atoms. The number of carbonyl (C=O) groups excluding carboxylic acids is 1. The number of hydrogen-bond acceptors (Lipinski definition) is 8. The van der Waals surface area contributed by atoms with Gasteiger partial charge in [-0.2, -0.15) is 9.78 Å². The first-order valence-electron chi connectivity index (χ1n) is 8.25. The number of rotatable bonds is 6. The summed E-state index contributed by atoms with van der Waals surface area (Å²) in [6, 6.07) is 5.00. The fourth-order valence-corrected chi connectivity index (χ4v) is 3.02. The van der Waals surface area contributed by atoms with E-state index in [9.17, 15) is 4.79 Å². The second-order valence-corrected chi connectivity index (χ2v) is 6.63. The van der Waals surface area contributed by atoms with Crippen LogP contribution in [0.3, 0.4) is 0 Å². The Balaban J connectivity index is 1.86. The van der Waals surface area contributed by atoms with Crippen molar-refractivity contribution in [2.24, 2.45) is 5.10 Å². The molecule has 146 valence electrons. The van der Waals surface area contributed by atoms with Crippen LogP contribution in [0.4, 0.5) is 5.82 Å². The van der Waals surface area contributed by atoms with E-state index in [2.05, 4.69) is 35.8 Å². The highest BCUT2D eigenvalue weighted by Crippen LogP contribution is 2.21. The molecule has 3 rings (SSSR count). The summed E-state index contributed by atoms with van der Waals surface area (Å²) in [7, 11) is 0. The number of nitrogens with one attached hydrogen (secondary N) is 1. The maximum absolute atomic E-state index is 12.6. The van der Waals surface area contributed by atoms with Crippen LogP contribution in [-0.4, -0.2) is 36.9 Å². The standard InChI is InChI=1S/C16H16Cl2N8O2/c1-3-4-12-13(21-25-26(12)15-14(19)23-28-24-15)16(27)22-20-8(2)10-6-5-9(17)7-11(10)18/h5-7H,3-4H2,1-2H3,(H2,19,23)(H,22,27)/b20-8+. The van der Waals surface area contributed by atoms with Crippen molar-refractivity contribution >= 4 is 40.6 Å². The van der Waals surface area contributed by atoms with Gasteiger partial charge in [-0.15, -0.1) is 5.10 Å². The van der Waals surface area contributed by atoms with Crippen molar-refractivity contribution in [2.45, 2.75) is 26.7 Å². The first-order chi connectivity index (χ1) is 13.4. The van der Waals surface area contributed by atoms with Crippen molar-refractivity contribution in [3.8, 4) is 5.82 Å². The van der Waals surface area contributed by atoms with Gasteiger partial charge in [-0.1, -0.05) is 47.8 Å². The molecule has 2 heterocycles. The zero-order valence-electron chi connectivity index (χ0n) is 15.0. The molecule has 0 fully saturated rings. The largest absolute Gasteiger partial charge is 0.378 e. The van der Waals surface area contributed by atoms with Crippen LogP contribution in [0.5, 0.6) is 0 Å². The average molecular weight is 423 g/mol. The molecular formula is C16H16Cl2N8O2. The third kappa shape index (κ3) is 3.97. The highest BCUT2D eigenvalue weighted by Gasteiger charge is 2.23. The Morgan fingerprint density at radius 1 is 1.36 bits per heavy atom. The Hall–Kier alpha value is -2.98. The van der Waals surface area contributed by atoms with Crippen molar-refractivity contribution in [1.29, 1.82) is 0 Å². The van der Waals surface area contributed by atoms with Crippen molar-refractivity contribution in [3.63, 3.8) is 0 Å². The van der Waals surface area contributed by atoms with Crippen LogP contribution in [0, 0.1) is 0 Å². The van der Waals surface area contributed by atoms with E-state index >= 15 is 0 Å². The molecule has 0 bridgehead atoms. The van der Waals surface area contributed by atoms with E-state index in [-0.39, 0.29) is 17.3 Å². The molecule has 0 atom stereocenters. The predicted octanol–water partition coefficient (Wildman–Crippen LogP) is 2.65. The van der Waals surface area contributed by atoms with Crippen LogP contribution in [0.2, 0.25) is 10.0 Å². The van der Waals surface area contributed by atoms with E-state index in [0.717, 1.165) is 6.42 Å². The van der Waals surface area contributed by atoms with Gasteiger partial charge in [-0.05, 0) is 35.8 Å². The smallest absolute Gasteiger partial charge is 0.293 e. The van der Waals surface area contributed by atoms with Crippen molar-refractivity contribution in [3.05, 3.63) is 45.2 Å². The minimum absolute atomic E-state index is 0.0421. The first-order valence-corrected chi connectivity index (χ1v) is 9.01. The van der Waals surface area contributed by atoms with E-state index < -0.39 is 5.91 Å². The lowest BCUT2D eigenvalue weighted by Gasteiger charge is -2.06. The fourth-order valence-electron chi connectivity index (χ4n) is 2.48. The number of benzene rings is 1. The predicted molar refractivity (Wildman–Crippen MR) is 104 cm³/mol. The second kappa shape index (κ2) is 8.36. The molecule has 0 aliphatic rings. The molecule has 1 amide bonds. The van der Waals surface area contributed by atoms with E-state index in [0.29, 0.717) is 33.4 Å². The maximum atomic E-state index is 12.6. The summed E-state index contributed by atoms with van der Waals surface area (Å²) in [6.07, 6.45) is 1.25. The molecule has 0 aliphatic heterocycles. The number of carbonyl (C=O) groups is 1.